The number of amides is 2. The summed E-state index contributed by atoms with van der Waals surface area (Å²) in [5, 5.41) is 13.1. The van der Waals surface area contributed by atoms with Crippen molar-refractivity contribution in [3.63, 3.8) is 0 Å². The van der Waals surface area contributed by atoms with Gasteiger partial charge in [-0.3, -0.25) is 9.59 Å². The van der Waals surface area contributed by atoms with Gasteiger partial charge in [0.15, 0.2) is 0 Å². The third-order valence-corrected chi connectivity index (χ3v) is 8.77. The summed E-state index contributed by atoms with van der Waals surface area (Å²) in [6.07, 6.45) is 3.04. The fourth-order valence-corrected chi connectivity index (χ4v) is 6.58. The number of hydrogen-bond acceptors (Lipinski definition) is 4. The molecule has 1 aliphatic carbocycles. The van der Waals surface area contributed by atoms with Crippen LogP contribution in [-0.4, -0.2) is 29.5 Å². The Hall–Kier alpha value is -3.64. The third-order valence-electron chi connectivity index (χ3n) is 8.77. The lowest BCUT2D eigenvalue weighted by molar-refractivity contribution is -0.123. The Morgan fingerprint density at radius 2 is 1.79 bits per heavy atom. The van der Waals surface area contributed by atoms with Crippen LogP contribution < -0.4 is 16.0 Å². The van der Waals surface area contributed by atoms with Crippen molar-refractivity contribution in [3.8, 4) is 5.75 Å². The molecule has 204 valence electrons. The Bertz CT molecular complexity index is 1390. The standard InChI is InChI=1S/C33H39N3O3/c1-19-13-26(38)14-20(2)28(19)18-30(34)33(39)35-31-11-12-36(22(4)37)32-10-9-23(16-29(31)32)15-25-17-24-7-5-6-8-27(24)21(25)3/h5-10,13-14,16,21,25,30-31,38H,11-12,15,17-18,34H2,1-4H3,(H,35,39)/t21-,25?,30+,31-/m1/s1. The van der Waals surface area contributed by atoms with Gasteiger partial charge in [0.25, 0.3) is 0 Å². The highest BCUT2D eigenvalue weighted by Crippen LogP contribution is 2.41. The number of phenolic OH excluding ortho intramolecular Hbond substituents is 1. The zero-order valence-electron chi connectivity index (χ0n) is 23.3. The number of aryl methyl sites for hydroxylation is 2. The second-order valence-electron chi connectivity index (χ2n) is 11.4. The van der Waals surface area contributed by atoms with Crippen molar-refractivity contribution in [1.29, 1.82) is 0 Å². The second-order valence-corrected chi connectivity index (χ2v) is 11.4. The Morgan fingerprint density at radius 3 is 2.49 bits per heavy atom. The van der Waals surface area contributed by atoms with Gasteiger partial charge in [-0.1, -0.05) is 43.3 Å². The molecule has 1 aliphatic heterocycles. The van der Waals surface area contributed by atoms with Crippen molar-refractivity contribution >= 4 is 17.5 Å². The number of aromatic hydroxyl groups is 1. The van der Waals surface area contributed by atoms with E-state index in [9.17, 15) is 14.7 Å². The number of nitrogens with two attached hydrogens (primary N) is 1. The van der Waals surface area contributed by atoms with Crippen molar-refractivity contribution in [3.05, 3.63) is 93.5 Å². The largest absolute Gasteiger partial charge is 0.508 e. The number of benzene rings is 3. The Kier molecular flexibility index (Phi) is 7.50. The predicted octanol–water partition coefficient (Wildman–Crippen LogP) is 5.01. The summed E-state index contributed by atoms with van der Waals surface area (Å²) in [5.74, 6) is 1.02. The van der Waals surface area contributed by atoms with Crippen LogP contribution in [0.25, 0.3) is 0 Å². The van der Waals surface area contributed by atoms with Crippen LogP contribution in [0.3, 0.4) is 0 Å². The van der Waals surface area contributed by atoms with E-state index < -0.39 is 6.04 Å². The van der Waals surface area contributed by atoms with E-state index in [1.807, 2.05) is 19.9 Å². The SMILES string of the molecule is CC(=O)N1CC[C@@H](NC(=O)[C@@H](N)Cc2c(C)cc(O)cc2C)c2cc(CC3Cc4ccccc4[C@@H]3C)ccc21. The van der Waals surface area contributed by atoms with Crippen molar-refractivity contribution in [2.45, 2.75) is 71.4 Å². The summed E-state index contributed by atoms with van der Waals surface area (Å²) in [5.41, 5.74) is 15.2. The molecule has 0 bridgehead atoms. The number of phenols is 1. The summed E-state index contributed by atoms with van der Waals surface area (Å²) in [4.78, 5) is 27.5. The van der Waals surface area contributed by atoms with Crippen LogP contribution >= 0.6 is 0 Å². The minimum Gasteiger partial charge on any atom is -0.508 e. The number of anilines is 1. The number of fused-ring (bicyclic) bond motifs is 2. The van der Waals surface area contributed by atoms with Crippen LogP contribution in [0, 0.1) is 19.8 Å². The van der Waals surface area contributed by atoms with Gasteiger partial charge in [-0.05, 0) is 109 Å². The van der Waals surface area contributed by atoms with E-state index in [-0.39, 0.29) is 23.6 Å². The van der Waals surface area contributed by atoms with E-state index >= 15 is 0 Å². The first-order chi connectivity index (χ1) is 18.6. The highest BCUT2D eigenvalue weighted by atomic mass is 16.3. The topological polar surface area (TPSA) is 95.7 Å². The molecule has 0 fully saturated rings. The fraction of sp³-hybridized carbons (Fsp3) is 0.394. The minimum atomic E-state index is -0.720. The molecular formula is C33H39N3O3. The monoisotopic (exact) mass is 525 g/mol. The molecule has 3 aromatic carbocycles. The summed E-state index contributed by atoms with van der Waals surface area (Å²) in [7, 11) is 0. The minimum absolute atomic E-state index is 0.00335. The molecule has 4 atom stereocenters. The maximum Gasteiger partial charge on any atom is 0.237 e. The van der Waals surface area contributed by atoms with E-state index in [2.05, 4.69) is 48.6 Å². The maximum absolute atomic E-state index is 13.3. The van der Waals surface area contributed by atoms with Gasteiger partial charge >= 0.3 is 0 Å². The molecule has 1 heterocycles. The van der Waals surface area contributed by atoms with E-state index in [4.69, 9.17) is 5.73 Å². The molecular weight excluding hydrogens is 486 g/mol. The molecule has 4 N–H and O–H groups in total. The Morgan fingerprint density at radius 1 is 1.08 bits per heavy atom. The summed E-state index contributed by atoms with van der Waals surface area (Å²) >= 11 is 0. The van der Waals surface area contributed by atoms with E-state index in [1.54, 1.807) is 24.0 Å². The molecule has 6 heteroatoms. The number of hydrogen-bond donors (Lipinski definition) is 3. The Balaban J connectivity index is 1.35. The zero-order valence-corrected chi connectivity index (χ0v) is 23.3. The van der Waals surface area contributed by atoms with Crippen molar-refractivity contribution in [2.24, 2.45) is 11.7 Å². The van der Waals surface area contributed by atoms with Gasteiger partial charge in [0.1, 0.15) is 5.75 Å². The van der Waals surface area contributed by atoms with Crippen LogP contribution in [-0.2, 0) is 28.9 Å². The Labute approximate surface area is 231 Å². The third kappa shape index (κ3) is 5.44. The second kappa shape index (κ2) is 10.9. The quantitative estimate of drug-likeness (QED) is 0.422. The number of carbonyl (C=O) groups is 2. The summed E-state index contributed by atoms with van der Waals surface area (Å²) in [6, 6.07) is 17.5. The maximum atomic E-state index is 13.3. The molecule has 0 aromatic heterocycles. The first-order valence-corrected chi connectivity index (χ1v) is 14.0. The van der Waals surface area contributed by atoms with Crippen LogP contribution in [0.4, 0.5) is 5.69 Å². The normalized spacial score (nSPS) is 20.7. The van der Waals surface area contributed by atoms with Crippen molar-refractivity contribution in [1.82, 2.24) is 5.32 Å². The van der Waals surface area contributed by atoms with Gasteiger partial charge in [-0.2, -0.15) is 0 Å². The zero-order chi connectivity index (χ0) is 27.8. The highest BCUT2D eigenvalue weighted by Gasteiger charge is 2.32. The molecule has 0 radical (unpaired) electrons. The number of rotatable bonds is 6. The molecule has 3 aromatic rings. The molecule has 2 amide bonds. The summed E-state index contributed by atoms with van der Waals surface area (Å²) in [6.45, 7) is 8.30. The smallest absolute Gasteiger partial charge is 0.237 e. The van der Waals surface area contributed by atoms with Crippen LogP contribution in [0.1, 0.15) is 71.2 Å². The van der Waals surface area contributed by atoms with E-state index in [0.29, 0.717) is 31.2 Å². The molecule has 6 nitrogen and oxygen atoms in total. The number of nitrogens with zero attached hydrogens (tertiary/aromatic N) is 1. The van der Waals surface area contributed by atoms with Gasteiger partial charge in [0.2, 0.25) is 11.8 Å². The molecule has 0 saturated carbocycles. The lowest BCUT2D eigenvalue weighted by Gasteiger charge is -2.35. The highest BCUT2D eigenvalue weighted by molar-refractivity contribution is 5.93. The first kappa shape index (κ1) is 26.9. The lowest BCUT2D eigenvalue weighted by Crippen LogP contribution is -2.46. The van der Waals surface area contributed by atoms with Gasteiger partial charge in [-0.15, -0.1) is 0 Å². The number of nitrogens with one attached hydrogen (secondary N) is 1. The predicted molar refractivity (Wildman–Crippen MR) is 155 cm³/mol. The first-order valence-electron chi connectivity index (χ1n) is 14.0. The van der Waals surface area contributed by atoms with Gasteiger partial charge in [0, 0.05) is 19.2 Å². The van der Waals surface area contributed by atoms with Gasteiger partial charge in [-0.25, -0.2) is 0 Å². The molecule has 5 rings (SSSR count). The fourth-order valence-electron chi connectivity index (χ4n) is 6.58. The lowest BCUT2D eigenvalue weighted by atomic mass is 9.86. The molecule has 2 aliphatic rings. The average molecular weight is 526 g/mol. The summed E-state index contributed by atoms with van der Waals surface area (Å²) < 4.78 is 0. The van der Waals surface area contributed by atoms with Crippen LogP contribution in [0.5, 0.6) is 5.75 Å². The van der Waals surface area contributed by atoms with Gasteiger partial charge in [0.05, 0.1) is 12.1 Å². The van der Waals surface area contributed by atoms with Crippen molar-refractivity contribution < 1.29 is 14.7 Å². The van der Waals surface area contributed by atoms with Crippen LogP contribution in [0.2, 0.25) is 0 Å². The molecule has 0 spiro atoms. The van der Waals surface area contributed by atoms with E-state index in [0.717, 1.165) is 40.8 Å². The average Bonchev–Trinajstić information content (AvgIpc) is 3.21. The van der Waals surface area contributed by atoms with E-state index in [1.165, 1.54) is 16.7 Å². The molecule has 39 heavy (non-hydrogen) atoms. The van der Waals surface area contributed by atoms with Crippen molar-refractivity contribution in [2.75, 3.05) is 11.4 Å². The number of carbonyl (C=O) groups excluding carboxylic acids is 2. The van der Waals surface area contributed by atoms with Crippen LogP contribution in [0.15, 0.2) is 54.6 Å². The molecule has 1 unspecified atom stereocenters. The molecule has 0 saturated heterocycles. The van der Waals surface area contributed by atoms with Gasteiger partial charge < -0.3 is 21.1 Å².